The van der Waals surface area contributed by atoms with E-state index in [-0.39, 0.29) is 10.5 Å². The highest BCUT2D eigenvalue weighted by Crippen LogP contribution is 2.41. The van der Waals surface area contributed by atoms with Crippen LogP contribution in [-0.2, 0) is 28.7 Å². The Bertz CT molecular complexity index is 510. The molecule has 0 amide bonds. The van der Waals surface area contributed by atoms with Crippen molar-refractivity contribution in [3.63, 3.8) is 0 Å². The number of hydrogen-bond acceptors (Lipinski definition) is 7. The van der Waals surface area contributed by atoms with E-state index in [0.29, 0.717) is 45.0 Å². The van der Waals surface area contributed by atoms with Crippen molar-refractivity contribution in [2.75, 3.05) is 0 Å². The zero-order chi connectivity index (χ0) is 18.4. The van der Waals surface area contributed by atoms with E-state index in [1.807, 2.05) is 0 Å². The summed E-state index contributed by atoms with van der Waals surface area (Å²) in [6, 6.07) is 0. The van der Waals surface area contributed by atoms with Gasteiger partial charge in [-0.2, -0.15) is 11.8 Å². The normalized spacial score (nSPS) is 35.4. The molecule has 0 saturated heterocycles. The quantitative estimate of drug-likeness (QED) is 0.604. The lowest BCUT2D eigenvalue weighted by molar-refractivity contribution is -0.155. The van der Waals surface area contributed by atoms with Gasteiger partial charge >= 0.3 is 11.9 Å². The van der Waals surface area contributed by atoms with Gasteiger partial charge in [-0.25, -0.2) is 0 Å². The third-order valence-electron chi connectivity index (χ3n) is 4.97. The summed E-state index contributed by atoms with van der Waals surface area (Å²) in [5.41, 5.74) is 0. The number of ether oxygens (including phenoxy) is 2. The van der Waals surface area contributed by atoms with Gasteiger partial charge in [0.2, 0.25) is 0 Å². The van der Waals surface area contributed by atoms with Gasteiger partial charge in [0.05, 0.1) is 11.8 Å². The molecule has 2 fully saturated rings. The third kappa shape index (κ3) is 5.10. The van der Waals surface area contributed by atoms with Crippen molar-refractivity contribution in [2.24, 2.45) is 11.8 Å². The fourth-order valence-corrected chi connectivity index (χ4v) is 5.43. The molecular weight excluding hydrogens is 352 g/mol. The lowest BCUT2D eigenvalue weighted by Crippen LogP contribution is -2.40. The molecule has 0 aromatic carbocycles. The highest BCUT2D eigenvalue weighted by molar-refractivity contribution is 8.00. The first-order valence-electron chi connectivity index (χ1n) is 8.25. The lowest BCUT2D eigenvalue weighted by atomic mass is 9.79. The van der Waals surface area contributed by atoms with E-state index in [2.05, 4.69) is 0 Å². The van der Waals surface area contributed by atoms with Crippen LogP contribution < -0.4 is 0 Å². The van der Waals surface area contributed by atoms with Gasteiger partial charge in [0.25, 0.3) is 12.9 Å². The highest BCUT2D eigenvalue weighted by Gasteiger charge is 2.41. The zero-order valence-corrected chi connectivity index (χ0v) is 14.4. The van der Waals surface area contributed by atoms with Gasteiger partial charge in [0.15, 0.2) is 0 Å². The van der Waals surface area contributed by atoms with Crippen molar-refractivity contribution in [1.29, 1.82) is 0 Å². The first-order valence-corrected chi connectivity index (χ1v) is 9.19. The van der Waals surface area contributed by atoms with Crippen molar-refractivity contribution in [2.45, 2.75) is 61.2 Å². The first-order chi connectivity index (χ1) is 12.0. The molecule has 0 aromatic rings. The molecule has 0 bridgehead atoms. The van der Waals surface area contributed by atoms with E-state index in [1.165, 1.54) is 0 Å². The molecule has 0 radical (unpaired) electrons. The van der Waals surface area contributed by atoms with E-state index in [4.69, 9.17) is 9.47 Å². The molecule has 9 heteroatoms. The second kappa shape index (κ2) is 9.07. The Kier molecular flexibility index (Phi) is 7.10. The van der Waals surface area contributed by atoms with Crippen LogP contribution in [0.4, 0.5) is 0 Å². The van der Waals surface area contributed by atoms with E-state index in [1.54, 1.807) is 11.8 Å². The molecule has 0 spiro atoms. The lowest BCUT2D eigenvalue weighted by Gasteiger charge is -2.37. The SMILES string of the molecule is O=COC1CCC(SC2CCC(C(=O)O)C(C(=O)O)C2)CC1OC=O. The van der Waals surface area contributed by atoms with E-state index in [0.717, 1.165) is 6.42 Å². The second-order valence-electron chi connectivity index (χ2n) is 6.44. The van der Waals surface area contributed by atoms with E-state index in [9.17, 15) is 29.4 Å². The largest absolute Gasteiger partial charge is 0.481 e. The number of carboxylic acid groups (broad SMARTS) is 2. The molecule has 140 valence electrons. The third-order valence-corrected chi connectivity index (χ3v) is 6.59. The summed E-state index contributed by atoms with van der Waals surface area (Å²) >= 11 is 1.63. The molecule has 2 N–H and O–H groups in total. The summed E-state index contributed by atoms with van der Waals surface area (Å²) in [5.74, 6) is -3.83. The molecule has 0 aromatic heterocycles. The molecule has 2 saturated carbocycles. The van der Waals surface area contributed by atoms with Crippen molar-refractivity contribution >= 4 is 36.6 Å². The maximum Gasteiger partial charge on any atom is 0.307 e. The molecule has 0 heterocycles. The summed E-state index contributed by atoms with van der Waals surface area (Å²) < 4.78 is 9.98. The predicted octanol–water partition coefficient (Wildman–Crippen LogP) is 1.31. The van der Waals surface area contributed by atoms with Gasteiger partial charge in [-0.3, -0.25) is 19.2 Å². The molecule has 6 unspecified atom stereocenters. The Hall–Kier alpha value is -1.77. The second-order valence-corrected chi connectivity index (χ2v) is 8.04. The Morgan fingerprint density at radius 1 is 0.800 bits per heavy atom. The Balaban J connectivity index is 1.93. The summed E-state index contributed by atoms with van der Waals surface area (Å²) in [5, 5.41) is 18.7. The number of thioether (sulfide) groups is 1. The number of carbonyl (C=O) groups is 4. The molecule has 0 aliphatic heterocycles. The van der Waals surface area contributed by atoms with Crippen molar-refractivity contribution in [1.82, 2.24) is 0 Å². The molecule has 2 aliphatic rings. The van der Waals surface area contributed by atoms with Gasteiger partial charge in [-0.1, -0.05) is 0 Å². The van der Waals surface area contributed by atoms with Crippen LogP contribution in [0, 0.1) is 11.8 Å². The van der Waals surface area contributed by atoms with Crippen molar-refractivity contribution in [3.05, 3.63) is 0 Å². The van der Waals surface area contributed by atoms with Crippen LogP contribution in [-0.4, -0.2) is 57.8 Å². The van der Waals surface area contributed by atoms with Crippen LogP contribution in [0.5, 0.6) is 0 Å². The maximum atomic E-state index is 11.4. The van der Waals surface area contributed by atoms with Gasteiger partial charge in [-0.15, -0.1) is 0 Å². The Labute approximate surface area is 149 Å². The maximum absolute atomic E-state index is 11.4. The van der Waals surface area contributed by atoms with Crippen LogP contribution in [0.2, 0.25) is 0 Å². The number of aliphatic carboxylic acids is 2. The van der Waals surface area contributed by atoms with Crippen LogP contribution in [0.25, 0.3) is 0 Å². The number of hydrogen-bond donors (Lipinski definition) is 2. The van der Waals surface area contributed by atoms with E-state index >= 15 is 0 Å². The average Bonchev–Trinajstić information content (AvgIpc) is 2.57. The monoisotopic (exact) mass is 374 g/mol. The van der Waals surface area contributed by atoms with Gasteiger partial charge in [0.1, 0.15) is 12.2 Å². The smallest absolute Gasteiger partial charge is 0.307 e. The van der Waals surface area contributed by atoms with Gasteiger partial charge in [-0.05, 0) is 38.5 Å². The van der Waals surface area contributed by atoms with Crippen LogP contribution in [0.1, 0.15) is 38.5 Å². The molecule has 8 nitrogen and oxygen atoms in total. The molecule has 2 rings (SSSR count). The minimum absolute atomic E-state index is 0.0575. The fourth-order valence-electron chi connectivity index (χ4n) is 3.73. The summed E-state index contributed by atoms with van der Waals surface area (Å²) in [4.78, 5) is 43.8. The molecule has 25 heavy (non-hydrogen) atoms. The highest BCUT2D eigenvalue weighted by atomic mass is 32.2. The Morgan fingerprint density at radius 3 is 1.96 bits per heavy atom. The van der Waals surface area contributed by atoms with Crippen LogP contribution in [0.3, 0.4) is 0 Å². The van der Waals surface area contributed by atoms with Gasteiger partial charge in [0, 0.05) is 10.5 Å². The number of carbonyl (C=O) groups excluding carboxylic acids is 2. The molecule has 6 atom stereocenters. The topological polar surface area (TPSA) is 127 Å². The number of carboxylic acids is 2. The van der Waals surface area contributed by atoms with Crippen molar-refractivity contribution < 1.29 is 38.9 Å². The zero-order valence-electron chi connectivity index (χ0n) is 13.6. The molecular formula is C16H22O8S. The Morgan fingerprint density at radius 2 is 1.36 bits per heavy atom. The number of rotatable bonds is 8. The van der Waals surface area contributed by atoms with Crippen LogP contribution in [0.15, 0.2) is 0 Å². The predicted molar refractivity (Wildman–Crippen MR) is 87.0 cm³/mol. The van der Waals surface area contributed by atoms with Crippen molar-refractivity contribution in [3.8, 4) is 0 Å². The minimum Gasteiger partial charge on any atom is -0.481 e. The average molecular weight is 374 g/mol. The summed E-state index contributed by atoms with van der Waals surface area (Å²) in [7, 11) is 0. The molecule has 2 aliphatic carbocycles. The van der Waals surface area contributed by atoms with Crippen LogP contribution >= 0.6 is 11.8 Å². The standard InChI is InChI=1S/C16H22O8S/c17-7-23-13-4-2-10(6-14(13)24-8-18)25-9-1-3-11(15(19)20)12(5-9)16(21)22/h7-14H,1-6H2,(H,19,20)(H,21,22). The van der Waals surface area contributed by atoms with Gasteiger partial charge < -0.3 is 19.7 Å². The minimum atomic E-state index is -1.07. The first kappa shape index (κ1) is 19.6. The fraction of sp³-hybridized carbons (Fsp3) is 0.750. The van der Waals surface area contributed by atoms with E-state index < -0.39 is 36.0 Å². The summed E-state index contributed by atoms with van der Waals surface area (Å²) in [6.45, 7) is 0.696. The summed E-state index contributed by atoms with van der Waals surface area (Å²) in [6.07, 6.45) is 2.23.